The molecule has 1 unspecified atom stereocenters. The quantitative estimate of drug-likeness (QED) is 0.937. The van der Waals surface area contributed by atoms with Crippen LogP contribution in [-0.4, -0.2) is 32.5 Å². The summed E-state index contributed by atoms with van der Waals surface area (Å²) >= 11 is 1.66. The first-order valence-electron chi connectivity index (χ1n) is 6.56. The third-order valence-electron chi connectivity index (χ3n) is 3.57. The van der Waals surface area contributed by atoms with Gasteiger partial charge in [0.1, 0.15) is 5.01 Å². The van der Waals surface area contributed by atoms with E-state index in [1.165, 1.54) is 0 Å². The molecule has 6 heteroatoms. The molecule has 1 fully saturated rings. The predicted molar refractivity (Wildman–Crippen MR) is 75.7 cm³/mol. The Morgan fingerprint density at radius 2 is 2.35 bits per heavy atom. The summed E-state index contributed by atoms with van der Waals surface area (Å²) in [6, 6.07) is 3.56. The Labute approximate surface area is 120 Å². The molecule has 1 aliphatic rings. The van der Waals surface area contributed by atoms with Crippen molar-refractivity contribution in [2.24, 2.45) is 0 Å². The number of pyridine rings is 1. The first-order chi connectivity index (χ1) is 9.75. The van der Waals surface area contributed by atoms with E-state index >= 15 is 0 Å². The Morgan fingerprint density at radius 1 is 1.45 bits per heavy atom. The minimum absolute atomic E-state index is 0.289. The number of hydrogen-bond acceptors (Lipinski definition) is 5. The van der Waals surface area contributed by atoms with Crippen molar-refractivity contribution in [3.8, 4) is 0 Å². The van der Waals surface area contributed by atoms with E-state index in [1.54, 1.807) is 29.7 Å². The normalized spacial score (nSPS) is 19.3. The van der Waals surface area contributed by atoms with Crippen LogP contribution in [0.2, 0.25) is 0 Å². The first-order valence-corrected chi connectivity index (χ1v) is 7.44. The maximum absolute atomic E-state index is 11.2. The second-order valence-corrected chi connectivity index (χ2v) is 5.73. The van der Waals surface area contributed by atoms with Crippen LogP contribution in [0.5, 0.6) is 0 Å². The molecule has 0 amide bonds. The molecule has 5 nitrogen and oxygen atoms in total. The molecule has 3 heterocycles. The molecule has 0 spiro atoms. The highest BCUT2D eigenvalue weighted by Crippen LogP contribution is 2.34. The first kappa shape index (κ1) is 13.2. The summed E-state index contributed by atoms with van der Waals surface area (Å²) in [5, 5.41) is 12.3. The van der Waals surface area contributed by atoms with Gasteiger partial charge in [0.25, 0.3) is 0 Å². The van der Waals surface area contributed by atoms with Crippen LogP contribution in [0.3, 0.4) is 0 Å². The summed E-state index contributed by atoms with van der Waals surface area (Å²) in [5.41, 5.74) is 0.917. The van der Waals surface area contributed by atoms with Crippen molar-refractivity contribution in [3.05, 3.63) is 46.2 Å². The molecule has 20 heavy (non-hydrogen) atoms. The highest BCUT2D eigenvalue weighted by Gasteiger charge is 2.29. The van der Waals surface area contributed by atoms with Crippen LogP contribution >= 0.6 is 11.3 Å². The molecule has 1 N–H and O–H groups in total. The van der Waals surface area contributed by atoms with E-state index < -0.39 is 5.97 Å². The SMILES string of the molecule is O=C(O)c1cccnc1CN1CCCC1c1nccs1. The number of carboxylic acids is 1. The molecule has 1 saturated heterocycles. The molecule has 2 aromatic rings. The number of thiazole rings is 1. The van der Waals surface area contributed by atoms with Crippen LogP contribution in [0, 0.1) is 0 Å². The molecule has 0 aromatic carbocycles. The Hall–Kier alpha value is -1.79. The summed E-state index contributed by atoms with van der Waals surface area (Å²) in [6.45, 7) is 1.52. The van der Waals surface area contributed by atoms with Crippen molar-refractivity contribution in [2.45, 2.75) is 25.4 Å². The third-order valence-corrected chi connectivity index (χ3v) is 4.45. The van der Waals surface area contributed by atoms with E-state index in [2.05, 4.69) is 14.9 Å². The minimum atomic E-state index is -0.918. The lowest BCUT2D eigenvalue weighted by Crippen LogP contribution is -2.24. The molecular formula is C14H15N3O2S. The molecule has 1 aliphatic heterocycles. The smallest absolute Gasteiger partial charge is 0.337 e. The van der Waals surface area contributed by atoms with Crippen molar-refractivity contribution in [1.29, 1.82) is 0 Å². The van der Waals surface area contributed by atoms with Crippen molar-refractivity contribution >= 4 is 17.3 Å². The van der Waals surface area contributed by atoms with Crippen LogP contribution in [0.15, 0.2) is 29.9 Å². The van der Waals surface area contributed by atoms with E-state index in [9.17, 15) is 9.90 Å². The van der Waals surface area contributed by atoms with E-state index in [4.69, 9.17) is 0 Å². The number of likely N-dealkylation sites (tertiary alicyclic amines) is 1. The summed E-state index contributed by atoms with van der Waals surface area (Å²) in [7, 11) is 0. The van der Waals surface area contributed by atoms with Crippen LogP contribution in [0.4, 0.5) is 0 Å². The fourth-order valence-corrected chi connectivity index (χ4v) is 3.45. The van der Waals surface area contributed by atoms with Gasteiger partial charge in [0.05, 0.1) is 17.3 Å². The van der Waals surface area contributed by atoms with Gasteiger partial charge in [-0.2, -0.15) is 0 Å². The van der Waals surface area contributed by atoms with Gasteiger partial charge in [-0.3, -0.25) is 9.88 Å². The van der Waals surface area contributed by atoms with Gasteiger partial charge in [-0.05, 0) is 31.5 Å². The highest BCUT2D eigenvalue weighted by atomic mass is 32.1. The Balaban J connectivity index is 1.82. The summed E-state index contributed by atoms with van der Waals surface area (Å²) in [6.07, 6.45) is 5.65. The van der Waals surface area contributed by atoms with Gasteiger partial charge in [-0.1, -0.05) is 0 Å². The summed E-state index contributed by atoms with van der Waals surface area (Å²) in [4.78, 5) is 22.1. The van der Waals surface area contributed by atoms with E-state index in [-0.39, 0.29) is 5.56 Å². The Morgan fingerprint density at radius 3 is 3.10 bits per heavy atom. The van der Waals surface area contributed by atoms with Gasteiger partial charge in [-0.15, -0.1) is 11.3 Å². The van der Waals surface area contributed by atoms with Crippen LogP contribution in [0.1, 0.15) is 39.9 Å². The second kappa shape index (κ2) is 5.68. The maximum Gasteiger partial charge on any atom is 0.337 e. The van der Waals surface area contributed by atoms with Gasteiger partial charge in [-0.25, -0.2) is 9.78 Å². The molecule has 104 valence electrons. The molecule has 1 atom stereocenters. The van der Waals surface area contributed by atoms with Crippen molar-refractivity contribution in [2.75, 3.05) is 6.54 Å². The fourth-order valence-electron chi connectivity index (χ4n) is 2.65. The molecule has 0 radical (unpaired) electrons. The van der Waals surface area contributed by atoms with E-state index in [0.29, 0.717) is 18.3 Å². The van der Waals surface area contributed by atoms with Crippen LogP contribution < -0.4 is 0 Å². The number of carbonyl (C=O) groups is 1. The van der Waals surface area contributed by atoms with Gasteiger partial charge >= 0.3 is 5.97 Å². The zero-order valence-corrected chi connectivity index (χ0v) is 11.7. The predicted octanol–water partition coefficient (Wildman–Crippen LogP) is 2.57. The van der Waals surface area contributed by atoms with E-state index in [1.807, 2.05) is 11.6 Å². The summed E-state index contributed by atoms with van der Waals surface area (Å²) < 4.78 is 0. The molecule has 0 aliphatic carbocycles. The van der Waals surface area contributed by atoms with Gasteiger partial charge < -0.3 is 5.11 Å². The molecule has 2 aromatic heterocycles. The average molecular weight is 289 g/mol. The largest absolute Gasteiger partial charge is 0.478 e. The molecule has 0 saturated carbocycles. The lowest BCUT2D eigenvalue weighted by molar-refractivity contribution is 0.0693. The topological polar surface area (TPSA) is 66.3 Å². The van der Waals surface area contributed by atoms with Crippen molar-refractivity contribution in [3.63, 3.8) is 0 Å². The van der Waals surface area contributed by atoms with Gasteiger partial charge in [0.2, 0.25) is 0 Å². The maximum atomic E-state index is 11.2. The fraction of sp³-hybridized carbons (Fsp3) is 0.357. The molecule has 3 rings (SSSR count). The molecular weight excluding hydrogens is 274 g/mol. The number of hydrogen-bond donors (Lipinski definition) is 1. The van der Waals surface area contributed by atoms with Crippen LogP contribution in [-0.2, 0) is 6.54 Å². The van der Waals surface area contributed by atoms with Crippen molar-refractivity contribution in [1.82, 2.24) is 14.9 Å². The minimum Gasteiger partial charge on any atom is -0.478 e. The Bertz CT molecular complexity index is 600. The number of aromatic nitrogens is 2. The molecule has 0 bridgehead atoms. The summed E-state index contributed by atoms with van der Waals surface area (Å²) in [5.74, 6) is -0.918. The lowest BCUT2D eigenvalue weighted by Gasteiger charge is -2.22. The monoisotopic (exact) mass is 289 g/mol. The number of nitrogens with zero attached hydrogens (tertiary/aromatic N) is 3. The van der Waals surface area contributed by atoms with Crippen LogP contribution in [0.25, 0.3) is 0 Å². The zero-order chi connectivity index (χ0) is 13.9. The van der Waals surface area contributed by atoms with Gasteiger partial charge in [0.15, 0.2) is 0 Å². The van der Waals surface area contributed by atoms with E-state index in [0.717, 1.165) is 24.4 Å². The van der Waals surface area contributed by atoms with Crippen molar-refractivity contribution < 1.29 is 9.90 Å². The highest BCUT2D eigenvalue weighted by molar-refractivity contribution is 7.09. The Kier molecular flexibility index (Phi) is 3.75. The number of carboxylic acid groups (broad SMARTS) is 1. The van der Waals surface area contributed by atoms with Gasteiger partial charge in [0, 0.05) is 24.3 Å². The number of rotatable bonds is 4. The standard InChI is InChI=1S/C14H15N3O2S/c18-14(19)10-3-1-5-15-11(10)9-17-7-2-4-12(17)13-16-6-8-20-13/h1,3,5-6,8,12H,2,4,7,9H2,(H,18,19). The number of aromatic carboxylic acids is 1. The lowest BCUT2D eigenvalue weighted by atomic mass is 10.1. The third kappa shape index (κ3) is 2.57. The average Bonchev–Trinajstić information content (AvgIpc) is 3.09. The zero-order valence-electron chi connectivity index (χ0n) is 10.9. The second-order valence-electron chi connectivity index (χ2n) is 4.80.